The molecule has 0 aliphatic carbocycles. The molecule has 0 spiro atoms. The maximum atomic E-state index is 5.18. The Morgan fingerprint density at radius 2 is 0.931 bits per heavy atom. The van der Waals surface area contributed by atoms with E-state index in [2.05, 4.69) is 95.9 Å². The lowest BCUT2D eigenvalue weighted by Gasteiger charge is -2.27. The van der Waals surface area contributed by atoms with Crippen LogP contribution in [0.3, 0.4) is 0 Å². The lowest BCUT2D eigenvalue weighted by atomic mass is 9.93. The second kappa shape index (κ2) is 6.42. The third-order valence-electron chi connectivity index (χ3n) is 5.74. The summed E-state index contributed by atoms with van der Waals surface area (Å²) in [5.74, 6) is 0. The average molecular weight is 373 g/mol. The third kappa shape index (κ3) is 2.51. The zero-order valence-corrected chi connectivity index (χ0v) is 15.8. The molecule has 0 N–H and O–H groups in total. The van der Waals surface area contributed by atoms with Crippen LogP contribution in [0.25, 0.3) is 0 Å². The predicted molar refractivity (Wildman–Crippen MR) is 115 cm³/mol. The number of benzene rings is 4. The molecule has 2 atom stereocenters. The molecular formula is C26H19N3. The van der Waals surface area contributed by atoms with Crippen LogP contribution in [0, 0.1) is 0 Å². The molecule has 0 radical (unpaired) electrons. The molecule has 3 nitrogen and oxygen atoms in total. The molecule has 0 amide bonds. The molecule has 2 aliphatic heterocycles. The van der Waals surface area contributed by atoms with Crippen LogP contribution in [-0.4, -0.2) is 0 Å². The molecular weight excluding hydrogens is 354 g/mol. The highest BCUT2D eigenvalue weighted by Crippen LogP contribution is 2.50. The van der Waals surface area contributed by atoms with Gasteiger partial charge in [-0.2, -0.15) is 0 Å². The fourth-order valence-electron chi connectivity index (χ4n) is 4.47. The number of nitrogens with zero attached hydrogens (tertiary/aromatic N) is 3. The van der Waals surface area contributed by atoms with Crippen LogP contribution in [0.1, 0.15) is 23.2 Å². The van der Waals surface area contributed by atoms with Gasteiger partial charge in [0.2, 0.25) is 0 Å². The first-order valence-electron chi connectivity index (χ1n) is 9.94. The van der Waals surface area contributed by atoms with Crippen molar-refractivity contribution in [3.05, 3.63) is 125 Å². The highest BCUT2D eigenvalue weighted by atomic mass is 15.2. The highest BCUT2D eigenvalue weighted by molar-refractivity contribution is 5.82. The number of hydrogen-bond acceptors (Lipinski definition) is 3. The molecule has 4 aromatic carbocycles. The van der Waals surface area contributed by atoms with Crippen molar-refractivity contribution in [2.75, 3.05) is 4.90 Å². The molecule has 6 rings (SSSR count). The molecule has 2 heterocycles. The topological polar surface area (TPSA) is 28.0 Å². The van der Waals surface area contributed by atoms with E-state index in [0.29, 0.717) is 0 Å². The molecule has 0 bridgehead atoms. The van der Waals surface area contributed by atoms with Crippen molar-refractivity contribution in [1.29, 1.82) is 0 Å². The smallest absolute Gasteiger partial charge is 0.104 e. The van der Waals surface area contributed by atoms with E-state index in [1.165, 1.54) is 11.1 Å². The normalized spacial score (nSPS) is 18.8. The van der Waals surface area contributed by atoms with Gasteiger partial charge in [0.15, 0.2) is 0 Å². The minimum Gasteiger partial charge on any atom is -0.310 e. The number of para-hydroxylation sites is 5. The average Bonchev–Trinajstić information content (AvgIpc) is 2.91. The Hall–Kier alpha value is -3.72. The Morgan fingerprint density at radius 3 is 1.48 bits per heavy atom. The minimum atomic E-state index is -0.0454. The van der Waals surface area contributed by atoms with Crippen LogP contribution in [0.5, 0.6) is 0 Å². The van der Waals surface area contributed by atoms with E-state index in [0.717, 1.165) is 27.8 Å². The molecule has 138 valence electrons. The third-order valence-corrected chi connectivity index (χ3v) is 5.74. The minimum absolute atomic E-state index is 0.0454. The second-order valence-electron chi connectivity index (χ2n) is 7.43. The summed E-state index contributed by atoms with van der Waals surface area (Å²) < 4.78 is 0. The van der Waals surface area contributed by atoms with Crippen molar-refractivity contribution in [1.82, 2.24) is 0 Å². The van der Waals surface area contributed by atoms with E-state index in [9.17, 15) is 0 Å². The molecule has 0 aromatic heterocycles. The van der Waals surface area contributed by atoms with Crippen molar-refractivity contribution >= 4 is 17.1 Å². The largest absolute Gasteiger partial charge is 0.310 e. The standard InChI is InChI=1S/C26H19N3/c1-2-10-18(11-3-1)29-23-16-8-4-12-19(23)25-26(20-13-5-9-17-24(20)29)28-22-15-7-6-14-21(22)27-25/h1-17,25-26H. The van der Waals surface area contributed by atoms with Gasteiger partial charge in [-0.3, -0.25) is 9.98 Å². The SMILES string of the molecule is c1ccc(N2c3ccccc3C3N=c4ccccc4=NC3c3ccccc32)cc1. The summed E-state index contributed by atoms with van der Waals surface area (Å²) in [6.45, 7) is 0. The lowest BCUT2D eigenvalue weighted by molar-refractivity contribution is 0.541. The first-order chi connectivity index (χ1) is 14.4. The van der Waals surface area contributed by atoms with Gasteiger partial charge in [-0.15, -0.1) is 0 Å². The molecule has 2 unspecified atom stereocenters. The maximum absolute atomic E-state index is 5.18. The van der Waals surface area contributed by atoms with E-state index < -0.39 is 0 Å². The Bertz CT molecular complexity index is 1240. The van der Waals surface area contributed by atoms with E-state index in [-0.39, 0.29) is 12.1 Å². The van der Waals surface area contributed by atoms with E-state index >= 15 is 0 Å². The number of hydrogen-bond donors (Lipinski definition) is 0. The summed E-state index contributed by atoms with van der Waals surface area (Å²) in [5, 5.41) is 1.93. The first kappa shape index (κ1) is 16.3. The summed E-state index contributed by atoms with van der Waals surface area (Å²) in [4.78, 5) is 12.7. The highest BCUT2D eigenvalue weighted by Gasteiger charge is 2.35. The summed E-state index contributed by atoms with van der Waals surface area (Å²) >= 11 is 0. The molecule has 3 heteroatoms. The Morgan fingerprint density at radius 1 is 0.483 bits per heavy atom. The Labute approximate surface area is 169 Å². The van der Waals surface area contributed by atoms with Crippen LogP contribution in [0.2, 0.25) is 0 Å². The fourth-order valence-corrected chi connectivity index (χ4v) is 4.47. The van der Waals surface area contributed by atoms with Crippen LogP contribution in [-0.2, 0) is 0 Å². The Kier molecular flexibility index (Phi) is 3.60. The van der Waals surface area contributed by atoms with Crippen LogP contribution in [0.15, 0.2) is 113 Å². The molecule has 0 saturated heterocycles. The number of anilines is 3. The van der Waals surface area contributed by atoms with E-state index in [1.807, 2.05) is 12.1 Å². The molecule has 0 saturated carbocycles. The van der Waals surface area contributed by atoms with Crippen molar-refractivity contribution in [2.45, 2.75) is 12.1 Å². The van der Waals surface area contributed by atoms with Gasteiger partial charge in [-0.25, -0.2) is 0 Å². The quantitative estimate of drug-likeness (QED) is 0.450. The van der Waals surface area contributed by atoms with Gasteiger partial charge in [0.25, 0.3) is 0 Å². The lowest BCUT2D eigenvalue weighted by Crippen LogP contribution is -2.32. The van der Waals surface area contributed by atoms with Crippen molar-refractivity contribution in [3.63, 3.8) is 0 Å². The van der Waals surface area contributed by atoms with Crippen molar-refractivity contribution < 1.29 is 0 Å². The van der Waals surface area contributed by atoms with Gasteiger partial charge in [-0.05, 0) is 36.4 Å². The van der Waals surface area contributed by atoms with E-state index in [1.54, 1.807) is 0 Å². The van der Waals surface area contributed by atoms with Gasteiger partial charge in [0, 0.05) is 16.8 Å². The maximum Gasteiger partial charge on any atom is 0.104 e. The van der Waals surface area contributed by atoms with Crippen LogP contribution >= 0.6 is 0 Å². The molecule has 2 aliphatic rings. The first-order valence-corrected chi connectivity index (χ1v) is 9.94. The molecule has 0 fully saturated rings. The molecule has 29 heavy (non-hydrogen) atoms. The van der Waals surface area contributed by atoms with Gasteiger partial charge < -0.3 is 4.90 Å². The van der Waals surface area contributed by atoms with Crippen molar-refractivity contribution in [3.8, 4) is 0 Å². The number of fused-ring (bicyclic) bond motifs is 6. The summed E-state index contributed by atoms with van der Waals surface area (Å²) in [6.07, 6.45) is 0. The predicted octanol–water partition coefficient (Wildman–Crippen LogP) is 5.21. The van der Waals surface area contributed by atoms with Gasteiger partial charge in [0.1, 0.15) is 12.1 Å². The van der Waals surface area contributed by atoms with Crippen LogP contribution < -0.4 is 15.6 Å². The number of rotatable bonds is 1. The van der Waals surface area contributed by atoms with Crippen molar-refractivity contribution in [2.24, 2.45) is 9.98 Å². The van der Waals surface area contributed by atoms with Crippen LogP contribution in [0.4, 0.5) is 17.1 Å². The van der Waals surface area contributed by atoms with Gasteiger partial charge in [-0.1, -0.05) is 66.7 Å². The van der Waals surface area contributed by atoms with Gasteiger partial charge >= 0.3 is 0 Å². The van der Waals surface area contributed by atoms with E-state index in [4.69, 9.17) is 9.98 Å². The fraction of sp³-hybridized carbons (Fsp3) is 0.0769. The zero-order chi connectivity index (χ0) is 19.2. The summed E-state index contributed by atoms with van der Waals surface area (Å²) in [7, 11) is 0. The van der Waals surface area contributed by atoms with Gasteiger partial charge in [0.05, 0.1) is 22.1 Å². The second-order valence-corrected chi connectivity index (χ2v) is 7.43. The molecule has 4 aromatic rings. The summed E-state index contributed by atoms with van der Waals surface area (Å²) in [6, 6.07) is 35.8. The zero-order valence-electron chi connectivity index (χ0n) is 15.8. The monoisotopic (exact) mass is 373 g/mol. The summed E-state index contributed by atoms with van der Waals surface area (Å²) in [5.41, 5.74) is 5.88. The Balaban J connectivity index is 1.71.